The van der Waals surface area contributed by atoms with Crippen molar-refractivity contribution in [2.45, 2.75) is 32.4 Å². The Morgan fingerprint density at radius 3 is 2.67 bits per heavy atom. The van der Waals surface area contributed by atoms with Crippen LogP contribution in [0, 0.1) is 0 Å². The molecule has 3 rings (SSSR count). The zero-order valence-corrected chi connectivity index (χ0v) is 18.2. The fraction of sp³-hybridized carbons (Fsp3) is 0.478. The summed E-state index contributed by atoms with van der Waals surface area (Å²) in [5.74, 6) is 2.53. The highest BCUT2D eigenvalue weighted by molar-refractivity contribution is 5.80. The number of nitrogens with zero attached hydrogens (tertiary/aromatic N) is 3. The number of hydrogen-bond acceptors (Lipinski definition) is 5. The monoisotopic (exact) mass is 411 g/mol. The molecule has 1 fully saturated rings. The second-order valence-corrected chi connectivity index (χ2v) is 7.42. The molecule has 1 unspecified atom stereocenters. The molecule has 30 heavy (non-hydrogen) atoms. The Hall–Kier alpha value is -2.80. The number of ether oxygens (including phenoxy) is 2. The number of aliphatic imine (C=N–C) groups is 1. The maximum atomic E-state index is 5.39. The maximum Gasteiger partial charge on any atom is 0.191 e. The maximum absolute atomic E-state index is 5.39. The second-order valence-electron chi connectivity index (χ2n) is 7.42. The van der Waals surface area contributed by atoms with Crippen LogP contribution in [-0.4, -0.2) is 62.3 Å². The van der Waals surface area contributed by atoms with Crippen molar-refractivity contribution < 1.29 is 9.47 Å². The van der Waals surface area contributed by atoms with Gasteiger partial charge < -0.3 is 20.1 Å². The van der Waals surface area contributed by atoms with Gasteiger partial charge >= 0.3 is 0 Å². The van der Waals surface area contributed by atoms with Crippen molar-refractivity contribution in [1.82, 2.24) is 20.5 Å². The van der Waals surface area contributed by atoms with E-state index >= 15 is 0 Å². The van der Waals surface area contributed by atoms with E-state index < -0.39 is 0 Å². The smallest absolute Gasteiger partial charge is 0.191 e. The number of methoxy groups -OCH3 is 2. The third kappa shape index (κ3) is 6.62. The Morgan fingerprint density at radius 2 is 2.00 bits per heavy atom. The lowest BCUT2D eigenvalue weighted by atomic mass is 10.2. The molecule has 7 nitrogen and oxygen atoms in total. The average Bonchev–Trinajstić information content (AvgIpc) is 3.20. The molecule has 1 aromatic carbocycles. The number of pyridine rings is 1. The summed E-state index contributed by atoms with van der Waals surface area (Å²) >= 11 is 0. The van der Waals surface area contributed by atoms with E-state index in [1.807, 2.05) is 30.5 Å². The molecule has 2 aromatic rings. The van der Waals surface area contributed by atoms with Crippen molar-refractivity contribution in [3.63, 3.8) is 0 Å². The van der Waals surface area contributed by atoms with E-state index in [0.29, 0.717) is 12.6 Å². The van der Waals surface area contributed by atoms with E-state index in [0.717, 1.165) is 62.2 Å². The predicted octanol–water partition coefficient (Wildman–Crippen LogP) is 2.47. The number of aromatic nitrogens is 1. The molecular weight excluding hydrogens is 378 g/mol. The molecule has 162 valence electrons. The lowest BCUT2D eigenvalue weighted by molar-refractivity contribution is 0.321. The summed E-state index contributed by atoms with van der Waals surface area (Å²) in [5, 5.41) is 6.95. The van der Waals surface area contributed by atoms with Gasteiger partial charge in [0.25, 0.3) is 0 Å². The van der Waals surface area contributed by atoms with Gasteiger partial charge in [-0.05, 0) is 43.2 Å². The summed E-state index contributed by atoms with van der Waals surface area (Å²) in [6.45, 7) is 6.54. The van der Waals surface area contributed by atoms with Gasteiger partial charge in [-0.25, -0.2) is 0 Å². The zero-order chi connectivity index (χ0) is 21.2. The highest BCUT2D eigenvalue weighted by atomic mass is 16.5. The molecule has 1 aliphatic rings. The van der Waals surface area contributed by atoms with Crippen LogP contribution < -0.4 is 20.1 Å². The molecular formula is C23H33N5O2. The zero-order valence-electron chi connectivity index (χ0n) is 18.2. The third-order valence-corrected chi connectivity index (χ3v) is 5.14. The first-order valence-corrected chi connectivity index (χ1v) is 10.6. The van der Waals surface area contributed by atoms with Gasteiger partial charge in [-0.1, -0.05) is 6.07 Å². The van der Waals surface area contributed by atoms with E-state index in [-0.39, 0.29) is 0 Å². The highest BCUT2D eigenvalue weighted by Gasteiger charge is 2.23. The number of benzene rings is 1. The molecule has 2 heterocycles. The van der Waals surface area contributed by atoms with E-state index in [4.69, 9.17) is 14.5 Å². The summed E-state index contributed by atoms with van der Waals surface area (Å²) in [4.78, 5) is 11.5. The molecule has 1 saturated heterocycles. The van der Waals surface area contributed by atoms with Crippen LogP contribution in [0.2, 0.25) is 0 Å². The topological polar surface area (TPSA) is 71.0 Å². The van der Waals surface area contributed by atoms with Crippen molar-refractivity contribution in [3.8, 4) is 11.5 Å². The largest absolute Gasteiger partial charge is 0.497 e. The first kappa shape index (κ1) is 21.9. The van der Waals surface area contributed by atoms with Crippen LogP contribution in [0.3, 0.4) is 0 Å². The number of guanidine groups is 1. The molecule has 0 bridgehead atoms. The Labute approximate surface area is 179 Å². The third-order valence-electron chi connectivity index (χ3n) is 5.14. The highest BCUT2D eigenvalue weighted by Crippen LogP contribution is 2.24. The Balaban J connectivity index is 1.52. The number of rotatable bonds is 9. The molecule has 1 aliphatic heterocycles. The van der Waals surface area contributed by atoms with Crippen LogP contribution in [0.5, 0.6) is 11.5 Å². The minimum absolute atomic E-state index is 0.380. The van der Waals surface area contributed by atoms with E-state index in [9.17, 15) is 0 Å². The van der Waals surface area contributed by atoms with Crippen LogP contribution in [0.25, 0.3) is 0 Å². The standard InChI is InChI=1S/C23H33N5O2/c1-4-24-23(26-11-8-19-7-5-6-10-25-19)27-20-9-12-28(17-20)16-18-13-21(29-2)15-22(14-18)30-3/h5-7,10,13-15,20H,4,8-9,11-12,16-17H2,1-3H3,(H2,24,26,27). The van der Waals surface area contributed by atoms with Crippen LogP contribution in [0.4, 0.5) is 0 Å². The van der Waals surface area contributed by atoms with Gasteiger partial charge in [0.2, 0.25) is 0 Å². The Kier molecular flexibility index (Phi) is 8.32. The minimum atomic E-state index is 0.380. The summed E-state index contributed by atoms with van der Waals surface area (Å²) < 4.78 is 10.8. The van der Waals surface area contributed by atoms with Gasteiger partial charge in [0.15, 0.2) is 5.96 Å². The first-order valence-electron chi connectivity index (χ1n) is 10.6. The van der Waals surface area contributed by atoms with Gasteiger partial charge in [-0.15, -0.1) is 0 Å². The van der Waals surface area contributed by atoms with Crippen molar-refractivity contribution >= 4 is 5.96 Å². The first-order chi connectivity index (χ1) is 14.7. The SMILES string of the molecule is CCNC(=NCCc1ccccn1)NC1CCN(Cc2cc(OC)cc(OC)c2)C1. The molecule has 0 amide bonds. The molecule has 2 N–H and O–H groups in total. The lowest BCUT2D eigenvalue weighted by Crippen LogP contribution is -2.44. The van der Waals surface area contributed by atoms with Gasteiger partial charge in [0, 0.05) is 63.1 Å². The van der Waals surface area contributed by atoms with E-state index in [2.05, 4.69) is 39.6 Å². The summed E-state index contributed by atoms with van der Waals surface area (Å²) in [6, 6.07) is 12.4. The average molecular weight is 412 g/mol. The van der Waals surface area contributed by atoms with Gasteiger partial charge in [0.1, 0.15) is 11.5 Å². The van der Waals surface area contributed by atoms with Crippen LogP contribution in [0.15, 0.2) is 47.6 Å². The van der Waals surface area contributed by atoms with Crippen LogP contribution in [0.1, 0.15) is 24.6 Å². The van der Waals surface area contributed by atoms with E-state index in [1.165, 1.54) is 5.56 Å². The van der Waals surface area contributed by atoms with Crippen molar-refractivity contribution in [1.29, 1.82) is 0 Å². The normalized spacial score (nSPS) is 17.0. The predicted molar refractivity (Wildman–Crippen MR) is 120 cm³/mol. The summed E-state index contributed by atoms with van der Waals surface area (Å²) in [5.41, 5.74) is 2.26. The van der Waals surface area contributed by atoms with E-state index in [1.54, 1.807) is 14.2 Å². The minimum Gasteiger partial charge on any atom is -0.497 e. The van der Waals surface area contributed by atoms with Crippen LogP contribution in [-0.2, 0) is 13.0 Å². The molecule has 1 atom stereocenters. The van der Waals surface area contributed by atoms with Gasteiger partial charge in [-0.2, -0.15) is 0 Å². The lowest BCUT2D eigenvalue weighted by Gasteiger charge is -2.19. The molecule has 1 aromatic heterocycles. The molecule has 0 saturated carbocycles. The van der Waals surface area contributed by atoms with Gasteiger partial charge in [-0.3, -0.25) is 14.9 Å². The molecule has 0 spiro atoms. The van der Waals surface area contributed by atoms with Crippen molar-refractivity contribution in [2.24, 2.45) is 4.99 Å². The second kappa shape index (κ2) is 11.4. The molecule has 7 heteroatoms. The number of likely N-dealkylation sites (tertiary alicyclic amines) is 1. The Bertz CT molecular complexity index is 790. The summed E-state index contributed by atoms with van der Waals surface area (Å²) in [6.07, 6.45) is 3.76. The molecule has 0 aliphatic carbocycles. The van der Waals surface area contributed by atoms with Gasteiger partial charge in [0.05, 0.1) is 14.2 Å². The quantitative estimate of drug-likeness (QED) is 0.488. The fourth-order valence-electron chi connectivity index (χ4n) is 3.65. The number of hydrogen-bond donors (Lipinski definition) is 2. The van der Waals surface area contributed by atoms with Crippen molar-refractivity contribution in [2.75, 3.05) is 40.4 Å². The summed E-state index contributed by atoms with van der Waals surface area (Å²) in [7, 11) is 3.37. The van der Waals surface area contributed by atoms with Crippen LogP contribution >= 0.6 is 0 Å². The number of nitrogens with one attached hydrogen (secondary N) is 2. The molecule has 0 radical (unpaired) electrons. The van der Waals surface area contributed by atoms with Crippen molar-refractivity contribution in [3.05, 3.63) is 53.9 Å². The Morgan fingerprint density at radius 1 is 1.20 bits per heavy atom. The fourth-order valence-corrected chi connectivity index (χ4v) is 3.65.